The normalized spacial score (nSPS) is 10.7. The second kappa shape index (κ2) is 5.93. The molecule has 5 heteroatoms. The van der Waals surface area contributed by atoms with Crippen molar-refractivity contribution >= 4 is 34.2 Å². The smallest absolute Gasteiger partial charge is 0.162 e. The first-order chi connectivity index (χ1) is 8.63. The van der Waals surface area contributed by atoms with E-state index in [4.69, 9.17) is 11.6 Å². The van der Waals surface area contributed by atoms with Gasteiger partial charge in [0.15, 0.2) is 5.82 Å². The van der Waals surface area contributed by atoms with E-state index >= 15 is 0 Å². The molecule has 2 heterocycles. The molecule has 0 aliphatic heterocycles. The molecule has 0 saturated heterocycles. The SMILES string of the molecule is CCCc1nc(-c2cnccc2C)nc(Cl)c1I. The van der Waals surface area contributed by atoms with E-state index in [0.29, 0.717) is 11.0 Å². The average Bonchev–Trinajstić information content (AvgIpc) is 2.35. The molecule has 0 saturated carbocycles. The van der Waals surface area contributed by atoms with Gasteiger partial charge in [-0.3, -0.25) is 4.98 Å². The van der Waals surface area contributed by atoms with Gasteiger partial charge in [-0.05, 0) is 47.6 Å². The summed E-state index contributed by atoms with van der Waals surface area (Å²) >= 11 is 8.38. The van der Waals surface area contributed by atoms with Crippen LogP contribution in [0.5, 0.6) is 0 Å². The minimum atomic E-state index is 0.521. The molecule has 0 unspecified atom stereocenters. The summed E-state index contributed by atoms with van der Waals surface area (Å²) in [6.07, 6.45) is 5.49. The van der Waals surface area contributed by atoms with E-state index in [2.05, 4.69) is 44.5 Å². The van der Waals surface area contributed by atoms with E-state index in [1.165, 1.54) is 0 Å². The number of pyridine rings is 1. The van der Waals surface area contributed by atoms with E-state index in [0.717, 1.165) is 33.2 Å². The summed E-state index contributed by atoms with van der Waals surface area (Å²) in [6.45, 7) is 4.15. The number of aromatic nitrogens is 3. The van der Waals surface area contributed by atoms with E-state index in [1.54, 1.807) is 12.4 Å². The molecule has 0 radical (unpaired) electrons. The topological polar surface area (TPSA) is 38.7 Å². The fraction of sp³-hybridized carbons (Fsp3) is 0.308. The highest BCUT2D eigenvalue weighted by Gasteiger charge is 2.12. The van der Waals surface area contributed by atoms with Gasteiger partial charge in [0, 0.05) is 18.0 Å². The maximum Gasteiger partial charge on any atom is 0.162 e. The zero-order valence-corrected chi connectivity index (χ0v) is 13.2. The lowest BCUT2D eigenvalue weighted by Gasteiger charge is -2.08. The van der Waals surface area contributed by atoms with E-state index in [9.17, 15) is 0 Å². The molecule has 2 aromatic rings. The Labute approximate surface area is 125 Å². The van der Waals surface area contributed by atoms with Crippen LogP contribution in [-0.4, -0.2) is 15.0 Å². The van der Waals surface area contributed by atoms with Crippen LogP contribution < -0.4 is 0 Å². The number of halogens is 2. The first-order valence-corrected chi connectivity index (χ1v) is 7.22. The standard InChI is InChI=1S/C13H13ClIN3/c1-3-4-10-11(15)12(14)18-13(17-10)9-7-16-6-5-8(9)2/h5-7H,3-4H2,1-2H3. The lowest BCUT2D eigenvalue weighted by Crippen LogP contribution is -2.01. The Bertz CT molecular complexity index is 572. The molecule has 0 atom stereocenters. The first-order valence-electron chi connectivity index (χ1n) is 5.76. The van der Waals surface area contributed by atoms with Gasteiger partial charge in [-0.25, -0.2) is 9.97 Å². The fourth-order valence-electron chi connectivity index (χ4n) is 1.68. The van der Waals surface area contributed by atoms with Crippen LogP contribution in [-0.2, 0) is 6.42 Å². The molecule has 18 heavy (non-hydrogen) atoms. The van der Waals surface area contributed by atoms with Gasteiger partial charge in [-0.15, -0.1) is 0 Å². The highest BCUT2D eigenvalue weighted by atomic mass is 127. The van der Waals surface area contributed by atoms with E-state index in [-0.39, 0.29) is 0 Å². The van der Waals surface area contributed by atoms with Crippen LogP contribution in [0, 0.1) is 10.5 Å². The number of rotatable bonds is 3. The zero-order valence-electron chi connectivity index (χ0n) is 10.2. The predicted molar refractivity (Wildman–Crippen MR) is 81.7 cm³/mol. The quantitative estimate of drug-likeness (QED) is 0.601. The Morgan fingerprint density at radius 1 is 1.33 bits per heavy atom. The van der Waals surface area contributed by atoms with Gasteiger partial charge in [-0.2, -0.15) is 0 Å². The molecule has 0 aromatic carbocycles. The molecule has 0 amide bonds. The van der Waals surface area contributed by atoms with Crippen LogP contribution in [0.15, 0.2) is 18.5 Å². The predicted octanol–water partition coefficient (Wildman–Crippen LogP) is 4.06. The van der Waals surface area contributed by atoms with Gasteiger partial charge < -0.3 is 0 Å². The second-order valence-corrected chi connectivity index (χ2v) is 5.48. The molecule has 3 nitrogen and oxygen atoms in total. The van der Waals surface area contributed by atoms with E-state index < -0.39 is 0 Å². The van der Waals surface area contributed by atoms with Gasteiger partial charge in [0.1, 0.15) is 5.15 Å². The summed E-state index contributed by atoms with van der Waals surface area (Å²) < 4.78 is 0.946. The molecule has 2 rings (SSSR count). The minimum absolute atomic E-state index is 0.521. The summed E-state index contributed by atoms with van der Waals surface area (Å²) in [5.41, 5.74) is 3.05. The first kappa shape index (κ1) is 13.7. The van der Waals surface area contributed by atoms with Crippen molar-refractivity contribution in [2.45, 2.75) is 26.7 Å². The number of hydrogen-bond acceptors (Lipinski definition) is 3. The van der Waals surface area contributed by atoms with Crippen molar-refractivity contribution in [1.29, 1.82) is 0 Å². The molecule has 0 fully saturated rings. The third-order valence-electron chi connectivity index (χ3n) is 2.65. The molecule has 0 aliphatic carbocycles. The molecule has 0 bridgehead atoms. The lowest BCUT2D eigenvalue weighted by molar-refractivity contribution is 0.866. The van der Waals surface area contributed by atoms with Gasteiger partial charge in [0.25, 0.3) is 0 Å². The maximum absolute atomic E-state index is 6.18. The average molecular weight is 374 g/mol. The second-order valence-electron chi connectivity index (χ2n) is 4.04. The van der Waals surface area contributed by atoms with Crippen molar-refractivity contribution in [2.24, 2.45) is 0 Å². The number of hydrogen-bond donors (Lipinski definition) is 0. The molecule has 0 N–H and O–H groups in total. The van der Waals surface area contributed by atoms with Crippen molar-refractivity contribution < 1.29 is 0 Å². The largest absolute Gasteiger partial charge is 0.264 e. The lowest BCUT2D eigenvalue weighted by atomic mass is 10.1. The Balaban J connectivity index is 2.56. The van der Waals surface area contributed by atoms with Crippen LogP contribution >= 0.6 is 34.2 Å². The number of aryl methyl sites for hydroxylation is 2. The minimum Gasteiger partial charge on any atom is -0.264 e. The maximum atomic E-state index is 6.18. The van der Waals surface area contributed by atoms with Crippen molar-refractivity contribution in [3.8, 4) is 11.4 Å². The molecular formula is C13H13ClIN3. The monoisotopic (exact) mass is 373 g/mol. The van der Waals surface area contributed by atoms with Crippen LogP contribution in [0.3, 0.4) is 0 Å². The Morgan fingerprint density at radius 2 is 2.11 bits per heavy atom. The van der Waals surface area contributed by atoms with Crippen LogP contribution in [0.1, 0.15) is 24.6 Å². The summed E-state index contributed by atoms with van der Waals surface area (Å²) in [7, 11) is 0. The van der Waals surface area contributed by atoms with Gasteiger partial charge in [-0.1, -0.05) is 24.9 Å². The van der Waals surface area contributed by atoms with Crippen LogP contribution in [0.4, 0.5) is 0 Å². The molecular weight excluding hydrogens is 361 g/mol. The fourth-order valence-corrected chi connectivity index (χ4v) is 2.38. The summed E-state index contributed by atoms with van der Waals surface area (Å²) in [6, 6.07) is 1.95. The Morgan fingerprint density at radius 3 is 2.78 bits per heavy atom. The molecule has 94 valence electrons. The van der Waals surface area contributed by atoms with Crippen LogP contribution in [0.2, 0.25) is 5.15 Å². The van der Waals surface area contributed by atoms with Gasteiger partial charge >= 0.3 is 0 Å². The van der Waals surface area contributed by atoms with Crippen molar-refractivity contribution in [3.63, 3.8) is 0 Å². The molecule has 0 aliphatic rings. The molecule has 2 aromatic heterocycles. The zero-order chi connectivity index (χ0) is 13.1. The van der Waals surface area contributed by atoms with Crippen LogP contribution in [0.25, 0.3) is 11.4 Å². The van der Waals surface area contributed by atoms with E-state index in [1.807, 2.05) is 13.0 Å². The van der Waals surface area contributed by atoms with Crippen molar-refractivity contribution in [2.75, 3.05) is 0 Å². The summed E-state index contributed by atoms with van der Waals surface area (Å²) in [5, 5.41) is 0.521. The number of nitrogens with zero attached hydrogens (tertiary/aromatic N) is 3. The third-order valence-corrected chi connectivity index (χ3v) is 4.37. The Kier molecular flexibility index (Phi) is 4.50. The van der Waals surface area contributed by atoms with Crippen molar-refractivity contribution in [1.82, 2.24) is 15.0 Å². The third kappa shape index (κ3) is 2.80. The highest BCUT2D eigenvalue weighted by Crippen LogP contribution is 2.25. The Hall–Kier alpha value is -0.750. The summed E-state index contributed by atoms with van der Waals surface area (Å²) in [5.74, 6) is 0.662. The summed E-state index contributed by atoms with van der Waals surface area (Å²) in [4.78, 5) is 13.1. The molecule has 0 spiro atoms. The highest BCUT2D eigenvalue weighted by molar-refractivity contribution is 14.1. The van der Waals surface area contributed by atoms with Gasteiger partial charge in [0.05, 0.1) is 9.26 Å². The van der Waals surface area contributed by atoms with Gasteiger partial charge in [0.2, 0.25) is 0 Å². The van der Waals surface area contributed by atoms with Crippen molar-refractivity contribution in [3.05, 3.63) is 38.4 Å².